The molecule has 0 bridgehead atoms. The third kappa shape index (κ3) is 4.78. The zero-order valence-electron chi connectivity index (χ0n) is 19.2. The van der Waals surface area contributed by atoms with Gasteiger partial charge in [-0.2, -0.15) is 5.10 Å². The SMILES string of the molecule is O=C(COc1cccc2ccccc12)NNC(=O)c1nn(Cc2ccccc2)c(=O)c2ccccc12. The van der Waals surface area contributed by atoms with Gasteiger partial charge in [0.05, 0.1) is 11.9 Å². The van der Waals surface area contributed by atoms with E-state index in [2.05, 4.69) is 16.0 Å². The Balaban J connectivity index is 1.31. The molecule has 8 heteroatoms. The molecule has 0 aliphatic heterocycles. The lowest BCUT2D eigenvalue weighted by atomic mass is 10.1. The summed E-state index contributed by atoms with van der Waals surface area (Å²) in [7, 11) is 0. The Morgan fingerprint density at radius 1 is 0.750 bits per heavy atom. The second-order valence-corrected chi connectivity index (χ2v) is 8.11. The van der Waals surface area contributed by atoms with Gasteiger partial charge < -0.3 is 4.74 Å². The molecule has 0 saturated heterocycles. The number of nitrogens with zero attached hydrogens (tertiary/aromatic N) is 2. The Labute approximate surface area is 206 Å². The van der Waals surface area contributed by atoms with Crippen molar-refractivity contribution in [1.29, 1.82) is 0 Å². The van der Waals surface area contributed by atoms with Crippen molar-refractivity contribution < 1.29 is 14.3 Å². The molecule has 0 radical (unpaired) electrons. The standard InChI is InChI=1S/C28H22N4O4/c33-25(18-36-24-16-8-12-20-11-4-5-13-21(20)24)29-30-27(34)26-22-14-6-7-15-23(22)28(35)32(31-26)17-19-9-2-1-3-10-19/h1-16H,17-18H2,(H,29,33)(H,30,34). The summed E-state index contributed by atoms with van der Waals surface area (Å²) in [6, 6.07) is 29.4. The van der Waals surface area contributed by atoms with Gasteiger partial charge >= 0.3 is 0 Å². The quantitative estimate of drug-likeness (QED) is 0.364. The Morgan fingerprint density at radius 3 is 2.22 bits per heavy atom. The van der Waals surface area contributed by atoms with E-state index in [4.69, 9.17) is 4.74 Å². The molecule has 36 heavy (non-hydrogen) atoms. The first-order chi connectivity index (χ1) is 17.6. The number of hydrogen-bond donors (Lipinski definition) is 2. The average Bonchev–Trinajstić information content (AvgIpc) is 2.92. The number of hydrogen-bond acceptors (Lipinski definition) is 5. The van der Waals surface area contributed by atoms with Crippen LogP contribution in [0.5, 0.6) is 5.75 Å². The summed E-state index contributed by atoms with van der Waals surface area (Å²) in [6.07, 6.45) is 0. The number of carbonyl (C=O) groups excluding carboxylic acids is 2. The minimum atomic E-state index is -0.647. The minimum absolute atomic E-state index is 0.0244. The summed E-state index contributed by atoms with van der Waals surface area (Å²) >= 11 is 0. The molecule has 4 aromatic carbocycles. The van der Waals surface area contributed by atoms with E-state index in [1.54, 1.807) is 30.3 Å². The molecule has 8 nitrogen and oxygen atoms in total. The summed E-state index contributed by atoms with van der Waals surface area (Å²) < 4.78 is 6.91. The molecule has 0 aliphatic rings. The van der Waals surface area contributed by atoms with Crippen molar-refractivity contribution in [3.05, 3.63) is 119 Å². The fraction of sp³-hybridized carbons (Fsp3) is 0.0714. The smallest absolute Gasteiger partial charge is 0.290 e. The second-order valence-electron chi connectivity index (χ2n) is 8.11. The highest BCUT2D eigenvalue weighted by atomic mass is 16.5. The molecule has 1 heterocycles. The van der Waals surface area contributed by atoms with Gasteiger partial charge in [-0.3, -0.25) is 25.2 Å². The monoisotopic (exact) mass is 478 g/mol. The highest BCUT2D eigenvalue weighted by Crippen LogP contribution is 2.24. The maximum absolute atomic E-state index is 13.0. The maximum atomic E-state index is 13.0. The van der Waals surface area contributed by atoms with E-state index in [1.807, 2.05) is 66.7 Å². The number of hydrazine groups is 1. The van der Waals surface area contributed by atoms with Crippen LogP contribution in [-0.2, 0) is 11.3 Å². The Kier molecular flexibility index (Phi) is 6.40. The van der Waals surface area contributed by atoms with Crippen molar-refractivity contribution in [2.75, 3.05) is 6.61 Å². The molecule has 0 aliphatic carbocycles. The zero-order valence-corrected chi connectivity index (χ0v) is 19.2. The second kappa shape index (κ2) is 10.1. The van der Waals surface area contributed by atoms with Crippen LogP contribution < -0.4 is 21.1 Å². The highest BCUT2D eigenvalue weighted by molar-refractivity contribution is 6.05. The lowest BCUT2D eigenvalue weighted by Crippen LogP contribution is -2.44. The van der Waals surface area contributed by atoms with Gasteiger partial charge in [0, 0.05) is 10.8 Å². The lowest BCUT2D eigenvalue weighted by molar-refractivity contribution is -0.123. The van der Waals surface area contributed by atoms with Gasteiger partial charge in [0.1, 0.15) is 5.75 Å². The fourth-order valence-electron chi connectivity index (χ4n) is 3.95. The van der Waals surface area contributed by atoms with Crippen molar-refractivity contribution in [1.82, 2.24) is 20.6 Å². The molecule has 0 unspecified atom stereocenters. The zero-order chi connectivity index (χ0) is 24.9. The molecular formula is C28H22N4O4. The number of fused-ring (bicyclic) bond motifs is 2. The molecule has 1 aromatic heterocycles. The molecule has 2 amide bonds. The van der Waals surface area contributed by atoms with E-state index in [1.165, 1.54) is 4.68 Å². The van der Waals surface area contributed by atoms with Crippen molar-refractivity contribution in [3.63, 3.8) is 0 Å². The van der Waals surface area contributed by atoms with Crippen LogP contribution in [-0.4, -0.2) is 28.2 Å². The van der Waals surface area contributed by atoms with Crippen LogP contribution >= 0.6 is 0 Å². The fourth-order valence-corrected chi connectivity index (χ4v) is 3.95. The van der Waals surface area contributed by atoms with E-state index in [9.17, 15) is 14.4 Å². The van der Waals surface area contributed by atoms with Gasteiger partial charge in [-0.25, -0.2) is 4.68 Å². The highest BCUT2D eigenvalue weighted by Gasteiger charge is 2.17. The molecule has 0 spiro atoms. The number of nitrogens with one attached hydrogen (secondary N) is 2. The maximum Gasteiger partial charge on any atom is 0.290 e. The van der Waals surface area contributed by atoms with Crippen molar-refractivity contribution in [2.45, 2.75) is 6.54 Å². The summed E-state index contributed by atoms with van der Waals surface area (Å²) in [6.45, 7) is -0.0913. The normalized spacial score (nSPS) is 10.8. The first-order valence-electron chi connectivity index (χ1n) is 11.3. The topological polar surface area (TPSA) is 102 Å². The minimum Gasteiger partial charge on any atom is -0.483 e. The van der Waals surface area contributed by atoms with Gasteiger partial charge in [0.2, 0.25) is 0 Å². The third-order valence-electron chi connectivity index (χ3n) is 5.68. The number of ether oxygens (including phenoxy) is 1. The van der Waals surface area contributed by atoms with Crippen LogP contribution in [0.25, 0.3) is 21.5 Å². The van der Waals surface area contributed by atoms with Crippen LogP contribution in [0.3, 0.4) is 0 Å². The van der Waals surface area contributed by atoms with Gasteiger partial charge in [0.15, 0.2) is 12.3 Å². The van der Waals surface area contributed by atoms with Crippen LogP contribution in [0.2, 0.25) is 0 Å². The summed E-state index contributed by atoms with van der Waals surface area (Å²) in [4.78, 5) is 38.3. The van der Waals surface area contributed by atoms with Gasteiger partial charge in [-0.05, 0) is 23.1 Å². The Morgan fingerprint density at radius 2 is 1.42 bits per heavy atom. The molecule has 5 rings (SSSR count). The van der Waals surface area contributed by atoms with Crippen LogP contribution in [0.15, 0.2) is 102 Å². The average molecular weight is 479 g/mol. The van der Waals surface area contributed by atoms with Crippen LogP contribution in [0, 0.1) is 0 Å². The van der Waals surface area contributed by atoms with E-state index >= 15 is 0 Å². The number of benzene rings is 4. The van der Waals surface area contributed by atoms with Gasteiger partial charge in [-0.1, -0.05) is 84.9 Å². The predicted molar refractivity (Wildman–Crippen MR) is 137 cm³/mol. The Bertz CT molecular complexity index is 1620. The first kappa shape index (κ1) is 22.8. The molecular weight excluding hydrogens is 456 g/mol. The first-order valence-corrected chi connectivity index (χ1v) is 11.3. The van der Waals surface area contributed by atoms with E-state index in [-0.39, 0.29) is 24.4 Å². The lowest BCUT2D eigenvalue weighted by Gasteiger charge is -2.13. The van der Waals surface area contributed by atoms with E-state index < -0.39 is 11.8 Å². The summed E-state index contributed by atoms with van der Waals surface area (Å²) in [5.41, 5.74) is 5.32. The third-order valence-corrected chi connectivity index (χ3v) is 5.68. The number of amides is 2. The van der Waals surface area contributed by atoms with Crippen molar-refractivity contribution in [2.24, 2.45) is 0 Å². The Hall–Kier alpha value is -4.98. The van der Waals surface area contributed by atoms with Crippen molar-refractivity contribution in [3.8, 4) is 5.75 Å². The molecule has 0 fully saturated rings. The van der Waals surface area contributed by atoms with E-state index in [0.717, 1.165) is 16.3 Å². The number of aromatic nitrogens is 2. The molecule has 0 atom stereocenters. The molecule has 5 aromatic rings. The van der Waals surface area contributed by atoms with Crippen LogP contribution in [0.1, 0.15) is 16.1 Å². The van der Waals surface area contributed by atoms with Crippen molar-refractivity contribution >= 4 is 33.4 Å². The molecule has 2 N–H and O–H groups in total. The van der Waals surface area contributed by atoms with Gasteiger partial charge in [-0.15, -0.1) is 0 Å². The largest absolute Gasteiger partial charge is 0.483 e. The number of rotatable bonds is 6. The van der Waals surface area contributed by atoms with E-state index in [0.29, 0.717) is 16.5 Å². The van der Waals surface area contributed by atoms with Gasteiger partial charge in [0.25, 0.3) is 17.4 Å². The number of carbonyl (C=O) groups is 2. The molecule has 178 valence electrons. The predicted octanol–water partition coefficient (Wildman–Crippen LogP) is 3.44. The summed E-state index contributed by atoms with van der Waals surface area (Å²) in [5.74, 6) is -0.625. The van der Waals surface area contributed by atoms with Crippen LogP contribution in [0.4, 0.5) is 0 Å². The summed E-state index contributed by atoms with van der Waals surface area (Å²) in [5, 5.41) is 6.94. The molecule has 0 saturated carbocycles.